The second-order valence-corrected chi connectivity index (χ2v) is 5.29. The summed E-state index contributed by atoms with van der Waals surface area (Å²) >= 11 is 0. The highest BCUT2D eigenvalue weighted by atomic mass is 19.1. The molecule has 1 heterocycles. The summed E-state index contributed by atoms with van der Waals surface area (Å²) in [5.74, 6) is 0.908. The maximum Gasteiger partial charge on any atom is 0.209 e. The zero-order valence-corrected chi connectivity index (χ0v) is 12.9. The molecule has 4 heteroatoms. The first-order chi connectivity index (χ1) is 10.2. The Bertz CT molecular complexity index is 385. The second-order valence-electron chi connectivity index (χ2n) is 5.29. The number of fused-ring (bicyclic) bond motifs is 1. The van der Waals surface area contributed by atoms with Gasteiger partial charge in [-0.3, -0.25) is 4.79 Å². The van der Waals surface area contributed by atoms with E-state index in [0.29, 0.717) is 24.7 Å². The molecular weight excluding hydrogens is 269 g/mol. The Morgan fingerprint density at radius 2 is 1.71 bits per heavy atom. The first-order valence-electron chi connectivity index (χ1n) is 7.71. The van der Waals surface area contributed by atoms with E-state index < -0.39 is 6.17 Å². The highest BCUT2D eigenvalue weighted by molar-refractivity contribution is 5.47. The van der Waals surface area contributed by atoms with E-state index in [0.717, 1.165) is 25.1 Å². The fourth-order valence-corrected chi connectivity index (χ4v) is 2.93. The Morgan fingerprint density at radius 1 is 1.19 bits per heavy atom. The fourth-order valence-electron chi connectivity index (χ4n) is 2.93. The minimum Gasteiger partial charge on any atom is -0.392 e. The number of aliphatic hydroxyl groups is 1. The molecule has 1 aliphatic carbocycles. The van der Waals surface area contributed by atoms with Crippen molar-refractivity contribution in [2.45, 2.75) is 39.5 Å². The van der Waals surface area contributed by atoms with Crippen molar-refractivity contribution < 1.29 is 14.3 Å². The Morgan fingerprint density at radius 3 is 2.10 bits per heavy atom. The number of amides is 1. The average molecular weight is 295 g/mol. The molecule has 118 valence electrons. The molecule has 3 nitrogen and oxygen atoms in total. The average Bonchev–Trinajstić information content (AvgIpc) is 3.07. The Hall–Kier alpha value is -1.42. The number of hydrogen-bond donors (Lipinski definition) is 1. The van der Waals surface area contributed by atoms with Crippen LogP contribution < -0.4 is 0 Å². The van der Waals surface area contributed by atoms with E-state index >= 15 is 0 Å². The van der Waals surface area contributed by atoms with E-state index in [1.165, 1.54) is 0 Å². The zero-order chi connectivity index (χ0) is 15.7. The quantitative estimate of drug-likeness (QED) is 0.852. The van der Waals surface area contributed by atoms with Crippen molar-refractivity contribution in [2.75, 3.05) is 13.1 Å². The summed E-state index contributed by atoms with van der Waals surface area (Å²) in [5.41, 5.74) is 0.965. The number of hydrogen-bond acceptors (Lipinski definition) is 2. The minimum atomic E-state index is -0.598. The predicted octanol–water partition coefficient (Wildman–Crippen LogP) is 3.03. The lowest BCUT2D eigenvalue weighted by atomic mass is 10.0. The normalized spacial score (nSPS) is 26.1. The SMILES string of the molecule is CC.O=CN1CC2CC(F)CC2C1.OCc1ccccc1. The number of nitrogens with zero attached hydrogens (tertiary/aromatic N) is 1. The van der Waals surface area contributed by atoms with Crippen LogP contribution >= 0.6 is 0 Å². The predicted molar refractivity (Wildman–Crippen MR) is 82.5 cm³/mol. The third-order valence-electron chi connectivity index (χ3n) is 3.90. The molecule has 1 saturated heterocycles. The lowest BCUT2D eigenvalue weighted by molar-refractivity contribution is -0.117. The van der Waals surface area contributed by atoms with Gasteiger partial charge < -0.3 is 10.0 Å². The molecule has 0 bridgehead atoms. The fraction of sp³-hybridized carbons (Fsp3) is 0.588. The third-order valence-corrected chi connectivity index (χ3v) is 3.90. The van der Waals surface area contributed by atoms with E-state index in [2.05, 4.69) is 0 Å². The van der Waals surface area contributed by atoms with Gasteiger partial charge in [-0.05, 0) is 30.2 Å². The van der Waals surface area contributed by atoms with Crippen LogP contribution in [-0.4, -0.2) is 35.7 Å². The van der Waals surface area contributed by atoms with Crippen molar-refractivity contribution in [1.82, 2.24) is 4.90 Å². The second kappa shape index (κ2) is 9.50. The van der Waals surface area contributed by atoms with E-state index in [4.69, 9.17) is 5.11 Å². The molecule has 1 aromatic rings. The topological polar surface area (TPSA) is 40.5 Å². The van der Waals surface area contributed by atoms with Gasteiger partial charge in [0.1, 0.15) is 6.17 Å². The lowest BCUT2D eigenvalue weighted by Gasteiger charge is -2.09. The van der Waals surface area contributed by atoms with Crippen LogP contribution in [0.1, 0.15) is 32.3 Å². The van der Waals surface area contributed by atoms with Crippen molar-refractivity contribution in [3.05, 3.63) is 35.9 Å². The molecule has 3 rings (SSSR count). The van der Waals surface area contributed by atoms with Crippen LogP contribution in [0, 0.1) is 11.8 Å². The zero-order valence-electron chi connectivity index (χ0n) is 12.9. The number of rotatable bonds is 2. The van der Waals surface area contributed by atoms with Crippen LogP contribution in [-0.2, 0) is 11.4 Å². The van der Waals surface area contributed by atoms with Gasteiger partial charge in [0.25, 0.3) is 0 Å². The Kier molecular flexibility index (Phi) is 7.98. The lowest BCUT2D eigenvalue weighted by Crippen LogP contribution is -2.20. The summed E-state index contributed by atoms with van der Waals surface area (Å²) in [7, 11) is 0. The maximum atomic E-state index is 12.8. The molecule has 0 radical (unpaired) electrons. The van der Waals surface area contributed by atoms with E-state index in [1.54, 1.807) is 4.90 Å². The largest absolute Gasteiger partial charge is 0.392 e. The number of carbonyl (C=O) groups excluding carboxylic acids is 1. The van der Waals surface area contributed by atoms with Gasteiger partial charge in [0, 0.05) is 13.1 Å². The van der Waals surface area contributed by atoms with Gasteiger partial charge in [0.05, 0.1) is 6.61 Å². The van der Waals surface area contributed by atoms with E-state index in [9.17, 15) is 9.18 Å². The van der Waals surface area contributed by atoms with Crippen molar-refractivity contribution in [3.8, 4) is 0 Å². The summed E-state index contributed by atoms with van der Waals surface area (Å²) in [5, 5.41) is 8.54. The molecule has 1 saturated carbocycles. The highest BCUT2D eigenvalue weighted by Gasteiger charge is 2.40. The van der Waals surface area contributed by atoms with Gasteiger partial charge in [0.15, 0.2) is 0 Å². The smallest absolute Gasteiger partial charge is 0.209 e. The molecule has 1 N–H and O–H groups in total. The number of aliphatic hydroxyl groups excluding tert-OH is 1. The molecule has 0 aromatic heterocycles. The van der Waals surface area contributed by atoms with Crippen LogP contribution in [0.2, 0.25) is 0 Å². The van der Waals surface area contributed by atoms with Crippen LogP contribution in [0.3, 0.4) is 0 Å². The van der Waals surface area contributed by atoms with Crippen LogP contribution in [0.4, 0.5) is 4.39 Å². The van der Waals surface area contributed by atoms with Crippen molar-refractivity contribution in [2.24, 2.45) is 11.8 Å². The van der Waals surface area contributed by atoms with Crippen LogP contribution in [0.5, 0.6) is 0 Å². The van der Waals surface area contributed by atoms with Crippen molar-refractivity contribution in [3.63, 3.8) is 0 Å². The first kappa shape index (κ1) is 17.6. The van der Waals surface area contributed by atoms with Gasteiger partial charge in [0.2, 0.25) is 6.41 Å². The standard InChI is InChI=1S/C8H12FNO.C7H8O.C2H6/c9-8-1-6-3-10(5-11)4-7(6)2-8;8-6-7-4-2-1-3-5-7;1-2/h5-8H,1-4H2;1-5,8H,6H2;1-2H3. The van der Waals surface area contributed by atoms with Gasteiger partial charge >= 0.3 is 0 Å². The molecule has 1 aromatic carbocycles. The first-order valence-corrected chi connectivity index (χ1v) is 7.71. The Labute approximate surface area is 126 Å². The highest BCUT2D eigenvalue weighted by Crippen LogP contribution is 2.38. The number of halogens is 1. The van der Waals surface area contributed by atoms with Gasteiger partial charge in [-0.1, -0.05) is 44.2 Å². The Balaban J connectivity index is 0.000000196. The number of alkyl halides is 1. The molecule has 0 spiro atoms. The molecule has 2 unspecified atom stereocenters. The summed E-state index contributed by atoms with van der Waals surface area (Å²) in [4.78, 5) is 12.1. The molecular formula is C17H26FNO2. The summed E-state index contributed by atoms with van der Waals surface area (Å²) in [6.07, 6.45) is 1.63. The maximum absolute atomic E-state index is 12.8. The van der Waals surface area contributed by atoms with Crippen LogP contribution in [0.25, 0.3) is 0 Å². The molecule has 2 fully saturated rings. The van der Waals surface area contributed by atoms with E-state index in [1.807, 2.05) is 44.2 Å². The monoisotopic (exact) mass is 295 g/mol. The molecule has 2 aliphatic rings. The summed E-state index contributed by atoms with van der Waals surface area (Å²) < 4.78 is 12.8. The van der Waals surface area contributed by atoms with Gasteiger partial charge in [-0.25, -0.2) is 4.39 Å². The van der Waals surface area contributed by atoms with Gasteiger partial charge in [-0.15, -0.1) is 0 Å². The molecule has 1 amide bonds. The molecule has 21 heavy (non-hydrogen) atoms. The van der Waals surface area contributed by atoms with Gasteiger partial charge in [-0.2, -0.15) is 0 Å². The summed E-state index contributed by atoms with van der Waals surface area (Å²) in [6.45, 7) is 5.71. The third kappa shape index (κ3) is 5.46. The van der Waals surface area contributed by atoms with E-state index in [-0.39, 0.29) is 6.61 Å². The molecule has 1 aliphatic heterocycles. The van der Waals surface area contributed by atoms with Crippen LogP contribution in [0.15, 0.2) is 30.3 Å². The number of benzene rings is 1. The molecule has 2 atom stereocenters. The summed E-state index contributed by atoms with van der Waals surface area (Å²) in [6, 6.07) is 9.52. The van der Waals surface area contributed by atoms with Crippen molar-refractivity contribution in [1.29, 1.82) is 0 Å². The van der Waals surface area contributed by atoms with Crippen molar-refractivity contribution >= 4 is 6.41 Å². The number of likely N-dealkylation sites (tertiary alicyclic amines) is 1. The number of carbonyl (C=O) groups is 1. The minimum absolute atomic E-state index is 0.140.